The maximum atomic E-state index is 12.5. The molecule has 0 saturated heterocycles. The number of allylic oxidation sites excluding steroid dienone is 4. The molecule has 0 bridgehead atoms. The lowest BCUT2D eigenvalue weighted by Crippen LogP contribution is -2.31. The quantitative estimate of drug-likeness (QED) is 0.721. The van der Waals surface area contributed by atoms with Crippen molar-refractivity contribution in [2.24, 2.45) is 11.8 Å². The highest BCUT2D eigenvalue weighted by atomic mass is 32.2. The second-order valence-electron chi connectivity index (χ2n) is 6.14. The first-order chi connectivity index (χ1) is 9.30. The van der Waals surface area contributed by atoms with Gasteiger partial charge in [0.1, 0.15) is 0 Å². The molecule has 2 atom stereocenters. The Morgan fingerprint density at radius 3 is 2.33 bits per heavy atom. The van der Waals surface area contributed by atoms with Crippen molar-refractivity contribution in [2.75, 3.05) is 6.26 Å². The zero-order valence-corrected chi connectivity index (χ0v) is 13.4. The summed E-state index contributed by atoms with van der Waals surface area (Å²) in [5.74, 6) is -0.0532. The summed E-state index contributed by atoms with van der Waals surface area (Å²) in [6.07, 6.45) is 1.22. The molecule has 0 aromatic rings. The second-order valence-corrected chi connectivity index (χ2v) is 7.72. The lowest BCUT2D eigenvalue weighted by atomic mass is 9.81. The van der Waals surface area contributed by atoms with Gasteiger partial charge in [0.05, 0.1) is 17.4 Å². The highest BCUT2D eigenvalue weighted by Gasteiger charge is 2.34. The van der Waals surface area contributed by atoms with Crippen molar-refractivity contribution in [1.82, 2.24) is 0 Å². The highest BCUT2D eigenvalue weighted by Crippen LogP contribution is 2.35. The van der Waals surface area contributed by atoms with E-state index in [0.717, 1.165) is 12.3 Å². The van der Waals surface area contributed by atoms with Gasteiger partial charge in [-0.3, -0.25) is 4.18 Å². The van der Waals surface area contributed by atoms with Crippen LogP contribution < -0.4 is 0 Å². The maximum absolute atomic E-state index is 12.5. The molecule has 7 heteroatoms. The molecule has 0 N–H and O–H groups in total. The first-order valence-electron chi connectivity index (χ1n) is 6.66. The van der Waals surface area contributed by atoms with Gasteiger partial charge in [-0.15, -0.1) is 0 Å². The fourth-order valence-corrected chi connectivity index (χ4v) is 3.53. The minimum absolute atomic E-state index is 0.00373. The molecule has 1 aliphatic rings. The molecule has 0 amide bonds. The number of rotatable bonds is 5. The van der Waals surface area contributed by atoms with E-state index >= 15 is 0 Å². The van der Waals surface area contributed by atoms with Crippen LogP contribution in [0.15, 0.2) is 23.8 Å². The SMILES string of the molecule is C[C@H](CC(C)(C)OS(C)(=O)=O)[C@@H]1C=CC(C(F)(F)F)=CC1. The Kier molecular flexibility index (Phi) is 5.31. The van der Waals surface area contributed by atoms with Gasteiger partial charge in [-0.1, -0.05) is 25.2 Å². The van der Waals surface area contributed by atoms with Crippen LogP contribution in [0.3, 0.4) is 0 Å². The van der Waals surface area contributed by atoms with E-state index in [1.54, 1.807) is 19.9 Å². The molecular formula is C14H21F3O3S. The largest absolute Gasteiger partial charge is 0.416 e. The Balaban J connectivity index is 2.66. The summed E-state index contributed by atoms with van der Waals surface area (Å²) in [7, 11) is -3.56. The summed E-state index contributed by atoms with van der Waals surface area (Å²) >= 11 is 0. The van der Waals surface area contributed by atoms with Crippen molar-refractivity contribution in [3.63, 3.8) is 0 Å². The van der Waals surface area contributed by atoms with Crippen LogP contribution in [0.5, 0.6) is 0 Å². The van der Waals surface area contributed by atoms with Gasteiger partial charge in [-0.05, 0) is 38.5 Å². The number of halogens is 3. The van der Waals surface area contributed by atoms with Gasteiger partial charge in [0.25, 0.3) is 10.1 Å². The molecule has 0 radical (unpaired) electrons. The Bertz CT molecular complexity index is 530. The van der Waals surface area contributed by atoms with Gasteiger partial charge in [0, 0.05) is 0 Å². The molecule has 0 saturated carbocycles. The molecule has 21 heavy (non-hydrogen) atoms. The zero-order valence-electron chi connectivity index (χ0n) is 12.6. The molecule has 0 heterocycles. The van der Waals surface area contributed by atoms with Crippen molar-refractivity contribution >= 4 is 10.1 Å². The Hall–Kier alpha value is -0.820. The first kappa shape index (κ1) is 18.2. The van der Waals surface area contributed by atoms with Crippen molar-refractivity contribution in [3.05, 3.63) is 23.8 Å². The molecule has 0 aromatic heterocycles. The van der Waals surface area contributed by atoms with Crippen molar-refractivity contribution in [1.29, 1.82) is 0 Å². The van der Waals surface area contributed by atoms with Crippen LogP contribution in [0.2, 0.25) is 0 Å². The number of hydrogen-bond donors (Lipinski definition) is 0. The van der Waals surface area contributed by atoms with E-state index in [9.17, 15) is 21.6 Å². The lowest BCUT2D eigenvalue weighted by Gasteiger charge is -2.31. The van der Waals surface area contributed by atoms with Gasteiger partial charge in [0.15, 0.2) is 0 Å². The topological polar surface area (TPSA) is 43.4 Å². The molecule has 0 spiro atoms. The zero-order chi connectivity index (χ0) is 16.5. The van der Waals surface area contributed by atoms with E-state index in [2.05, 4.69) is 0 Å². The first-order valence-corrected chi connectivity index (χ1v) is 8.48. The maximum Gasteiger partial charge on any atom is 0.416 e. The van der Waals surface area contributed by atoms with Crippen molar-refractivity contribution < 1.29 is 25.8 Å². The van der Waals surface area contributed by atoms with E-state index < -0.39 is 27.5 Å². The summed E-state index contributed by atoms with van der Waals surface area (Å²) in [5, 5.41) is 0. The summed E-state index contributed by atoms with van der Waals surface area (Å²) in [5.41, 5.74) is -1.51. The van der Waals surface area contributed by atoms with Crippen molar-refractivity contribution in [2.45, 2.75) is 45.4 Å². The third-order valence-electron chi connectivity index (χ3n) is 3.38. The number of alkyl halides is 3. The molecule has 0 unspecified atom stereocenters. The Labute approximate surface area is 124 Å². The molecule has 122 valence electrons. The van der Waals surface area contributed by atoms with Gasteiger partial charge >= 0.3 is 6.18 Å². The van der Waals surface area contributed by atoms with Gasteiger partial charge in [-0.25, -0.2) is 0 Å². The second kappa shape index (κ2) is 6.12. The summed E-state index contributed by atoms with van der Waals surface area (Å²) in [6, 6.07) is 0. The van der Waals surface area contributed by atoms with Crippen LogP contribution in [0, 0.1) is 11.8 Å². The lowest BCUT2D eigenvalue weighted by molar-refractivity contribution is -0.0888. The monoisotopic (exact) mass is 326 g/mol. The van der Waals surface area contributed by atoms with Crippen LogP contribution in [0.25, 0.3) is 0 Å². The third kappa shape index (κ3) is 6.22. The Morgan fingerprint density at radius 2 is 1.95 bits per heavy atom. The molecule has 0 fully saturated rings. The fraction of sp³-hybridized carbons (Fsp3) is 0.714. The average molecular weight is 326 g/mol. The molecule has 0 aromatic carbocycles. The normalized spacial score (nSPS) is 22.0. The van der Waals surface area contributed by atoms with Crippen LogP contribution in [0.4, 0.5) is 13.2 Å². The van der Waals surface area contributed by atoms with E-state index in [0.29, 0.717) is 12.8 Å². The predicted octanol–water partition coefficient (Wildman–Crippen LogP) is 3.83. The Morgan fingerprint density at radius 1 is 1.38 bits per heavy atom. The highest BCUT2D eigenvalue weighted by molar-refractivity contribution is 7.86. The smallest absolute Gasteiger partial charge is 0.264 e. The van der Waals surface area contributed by atoms with E-state index in [-0.39, 0.29) is 11.8 Å². The van der Waals surface area contributed by atoms with Crippen LogP contribution >= 0.6 is 0 Å². The summed E-state index contributed by atoms with van der Waals surface area (Å²) < 4.78 is 64.9. The summed E-state index contributed by atoms with van der Waals surface area (Å²) in [6.45, 7) is 5.21. The minimum Gasteiger partial charge on any atom is -0.264 e. The van der Waals surface area contributed by atoms with Gasteiger partial charge < -0.3 is 0 Å². The fourth-order valence-electron chi connectivity index (χ4n) is 2.64. The third-order valence-corrected chi connectivity index (χ3v) is 4.14. The van der Waals surface area contributed by atoms with Gasteiger partial charge in [-0.2, -0.15) is 21.6 Å². The van der Waals surface area contributed by atoms with E-state index in [4.69, 9.17) is 4.18 Å². The van der Waals surface area contributed by atoms with Gasteiger partial charge in [0.2, 0.25) is 0 Å². The predicted molar refractivity (Wildman–Crippen MR) is 75.2 cm³/mol. The molecule has 0 aliphatic heterocycles. The summed E-state index contributed by atoms with van der Waals surface area (Å²) in [4.78, 5) is 0. The molecule has 1 rings (SSSR count). The molecular weight excluding hydrogens is 305 g/mol. The average Bonchev–Trinajstić information content (AvgIpc) is 2.23. The van der Waals surface area contributed by atoms with Crippen LogP contribution in [-0.4, -0.2) is 26.5 Å². The van der Waals surface area contributed by atoms with E-state index in [1.807, 2.05) is 6.92 Å². The standard InChI is InChI=1S/C14H21F3O3S/c1-10(9-13(2,3)20-21(4,18)19)11-5-7-12(8-6-11)14(15,16)17/h5,7-8,10-11H,6,9H2,1-4H3/t10-,11-/m1/s1. The molecule has 1 aliphatic carbocycles. The van der Waals surface area contributed by atoms with E-state index in [1.165, 1.54) is 6.08 Å². The van der Waals surface area contributed by atoms with Crippen molar-refractivity contribution in [3.8, 4) is 0 Å². The molecule has 3 nitrogen and oxygen atoms in total. The van der Waals surface area contributed by atoms with Crippen LogP contribution in [-0.2, 0) is 14.3 Å². The number of hydrogen-bond acceptors (Lipinski definition) is 3. The minimum atomic E-state index is -4.32. The van der Waals surface area contributed by atoms with Crippen LogP contribution in [0.1, 0.15) is 33.6 Å².